The number of hydrogen-bond acceptors (Lipinski definition) is 3. The van der Waals surface area contributed by atoms with E-state index in [-0.39, 0.29) is 5.91 Å². The number of benzene rings is 1. The molecule has 106 valence electrons. The average molecular weight is 272 g/mol. The normalized spacial score (nSPS) is 21.6. The first-order chi connectivity index (χ1) is 9.25. The fourth-order valence-corrected chi connectivity index (χ4v) is 3.07. The van der Waals surface area contributed by atoms with Crippen LogP contribution < -0.4 is 9.64 Å². The summed E-state index contributed by atoms with van der Waals surface area (Å²) in [5.41, 5.74) is 0.591. The smallest absolute Gasteiger partial charge is 0.237 e. The van der Waals surface area contributed by atoms with Gasteiger partial charge in [0.1, 0.15) is 5.75 Å². The molecule has 1 aromatic rings. The molecule has 0 unspecified atom stereocenters. The van der Waals surface area contributed by atoms with Gasteiger partial charge in [-0.1, -0.05) is 0 Å². The van der Waals surface area contributed by atoms with E-state index in [4.69, 9.17) is 4.74 Å². The van der Waals surface area contributed by atoms with E-state index >= 15 is 0 Å². The topological polar surface area (TPSA) is 53.3 Å². The number of methoxy groups -OCH3 is 1. The molecular weight excluding hydrogens is 252 g/mol. The Bertz CT molecular complexity index is 601. The fourth-order valence-electron chi connectivity index (χ4n) is 3.07. The lowest BCUT2D eigenvalue weighted by Crippen LogP contribution is -2.39. The number of anilines is 1. The molecule has 1 atom stereocenters. The molecule has 0 spiro atoms. The SMILES string of the molecule is COc1ccc2c(c1)[C@](C)(CC(C)(C)C#N)C(=O)N2C. The molecule has 0 saturated heterocycles. The van der Waals surface area contributed by atoms with Crippen LogP contribution in [-0.4, -0.2) is 20.1 Å². The van der Waals surface area contributed by atoms with Crippen molar-refractivity contribution in [1.29, 1.82) is 5.26 Å². The second-order valence-corrected chi connectivity index (χ2v) is 6.25. The summed E-state index contributed by atoms with van der Waals surface area (Å²) in [6, 6.07) is 7.94. The molecule has 4 nitrogen and oxygen atoms in total. The summed E-state index contributed by atoms with van der Waals surface area (Å²) in [5, 5.41) is 9.27. The summed E-state index contributed by atoms with van der Waals surface area (Å²) in [4.78, 5) is 14.3. The van der Waals surface area contributed by atoms with Gasteiger partial charge in [0.25, 0.3) is 0 Å². The van der Waals surface area contributed by atoms with Gasteiger partial charge in [-0.15, -0.1) is 0 Å². The van der Waals surface area contributed by atoms with E-state index in [2.05, 4.69) is 6.07 Å². The number of carbonyl (C=O) groups excluding carboxylic acids is 1. The fraction of sp³-hybridized carbons (Fsp3) is 0.500. The minimum Gasteiger partial charge on any atom is -0.497 e. The first kappa shape index (κ1) is 14.4. The lowest BCUT2D eigenvalue weighted by atomic mass is 9.71. The summed E-state index contributed by atoms with van der Waals surface area (Å²) < 4.78 is 5.26. The van der Waals surface area contributed by atoms with Crippen LogP contribution in [0.15, 0.2) is 18.2 Å². The quantitative estimate of drug-likeness (QED) is 0.850. The maximum absolute atomic E-state index is 12.7. The number of ether oxygens (including phenoxy) is 1. The van der Waals surface area contributed by atoms with Crippen LogP contribution in [0, 0.1) is 16.7 Å². The number of carbonyl (C=O) groups is 1. The number of nitriles is 1. The van der Waals surface area contributed by atoms with Crippen molar-refractivity contribution in [3.63, 3.8) is 0 Å². The Morgan fingerprint density at radius 3 is 2.65 bits per heavy atom. The Kier molecular flexibility index (Phi) is 3.25. The zero-order valence-corrected chi connectivity index (χ0v) is 12.7. The van der Waals surface area contributed by atoms with E-state index in [1.807, 2.05) is 39.0 Å². The van der Waals surface area contributed by atoms with Crippen molar-refractivity contribution in [2.24, 2.45) is 5.41 Å². The molecule has 2 rings (SSSR count). The monoisotopic (exact) mass is 272 g/mol. The summed E-state index contributed by atoms with van der Waals surface area (Å²) in [7, 11) is 3.39. The van der Waals surface area contributed by atoms with E-state index in [0.717, 1.165) is 17.0 Å². The van der Waals surface area contributed by atoms with Gasteiger partial charge >= 0.3 is 0 Å². The van der Waals surface area contributed by atoms with Gasteiger partial charge in [0.2, 0.25) is 5.91 Å². The predicted octanol–water partition coefficient (Wildman–Crippen LogP) is 2.87. The zero-order chi connectivity index (χ0) is 15.1. The van der Waals surface area contributed by atoms with Crippen LogP contribution >= 0.6 is 0 Å². The minimum atomic E-state index is -0.683. The Labute approximate surface area is 120 Å². The molecule has 0 N–H and O–H groups in total. The molecule has 20 heavy (non-hydrogen) atoms. The number of likely N-dealkylation sites (N-methyl/N-ethyl adjacent to an activating group) is 1. The Hall–Kier alpha value is -2.02. The van der Waals surface area contributed by atoms with Gasteiger partial charge in [-0.3, -0.25) is 4.79 Å². The van der Waals surface area contributed by atoms with Gasteiger partial charge in [0.15, 0.2) is 0 Å². The van der Waals surface area contributed by atoms with E-state index < -0.39 is 10.8 Å². The van der Waals surface area contributed by atoms with Crippen LogP contribution in [0.5, 0.6) is 5.75 Å². The van der Waals surface area contributed by atoms with E-state index in [1.165, 1.54) is 0 Å². The van der Waals surface area contributed by atoms with Crippen molar-refractivity contribution in [3.05, 3.63) is 23.8 Å². The summed E-state index contributed by atoms with van der Waals surface area (Å²) >= 11 is 0. The maximum Gasteiger partial charge on any atom is 0.237 e. The minimum absolute atomic E-state index is 0.0316. The van der Waals surface area contributed by atoms with Crippen molar-refractivity contribution < 1.29 is 9.53 Å². The van der Waals surface area contributed by atoms with Crippen LogP contribution in [0.2, 0.25) is 0 Å². The molecule has 1 amide bonds. The maximum atomic E-state index is 12.7. The highest BCUT2D eigenvalue weighted by Crippen LogP contribution is 2.48. The van der Waals surface area contributed by atoms with E-state index in [0.29, 0.717) is 6.42 Å². The average Bonchev–Trinajstić information content (AvgIpc) is 2.60. The van der Waals surface area contributed by atoms with Crippen LogP contribution in [0.1, 0.15) is 32.8 Å². The molecular formula is C16H20N2O2. The molecule has 0 aromatic heterocycles. The van der Waals surface area contributed by atoms with Crippen LogP contribution in [0.3, 0.4) is 0 Å². The first-order valence-electron chi connectivity index (χ1n) is 6.63. The predicted molar refractivity (Wildman–Crippen MR) is 77.8 cm³/mol. The molecule has 0 fully saturated rings. The van der Waals surface area contributed by atoms with Crippen LogP contribution in [0.25, 0.3) is 0 Å². The third-order valence-electron chi connectivity index (χ3n) is 4.03. The van der Waals surface area contributed by atoms with Crippen molar-refractivity contribution in [3.8, 4) is 11.8 Å². The molecule has 1 aromatic carbocycles. The largest absolute Gasteiger partial charge is 0.497 e. The van der Waals surface area contributed by atoms with Gasteiger partial charge in [0.05, 0.1) is 24.0 Å². The lowest BCUT2D eigenvalue weighted by molar-refractivity contribution is -0.123. The zero-order valence-electron chi connectivity index (χ0n) is 12.7. The Morgan fingerprint density at radius 2 is 2.10 bits per heavy atom. The van der Waals surface area contributed by atoms with Gasteiger partial charge < -0.3 is 9.64 Å². The lowest BCUT2D eigenvalue weighted by Gasteiger charge is -2.29. The third-order valence-corrected chi connectivity index (χ3v) is 4.03. The Morgan fingerprint density at radius 1 is 1.45 bits per heavy atom. The van der Waals surface area contributed by atoms with Crippen molar-refractivity contribution in [2.45, 2.75) is 32.6 Å². The molecule has 0 radical (unpaired) electrons. The molecule has 4 heteroatoms. The summed E-state index contributed by atoms with van der Waals surface area (Å²) in [6.45, 7) is 5.64. The number of hydrogen-bond donors (Lipinski definition) is 0. The number of fused-ring (bicyclic) bond motifs is 1. The highest BCUT2D eigenvalue weighted by Gasteiger charge is 2.48. The van der Waals surface area contributed by atoms with Crippen molar-refractivity contribution in [2.75, 3.05) is 19.1 Å². The van der Waals surface area contributed by atoms with Gasteiger partial charge in [-0.2, -0.15) is 5.26 Å². The number of rotatable bonds is 3. The number of nitrogens with zero attached hydrogens (tertiary/aromatic N) is 2. The third kappa shape index (κ3) is 2.03. The highest BCUT2D eigenvalue weighted by molar-refractivity contribution is 6.07. The molecule has 1 heterocycles. The standard InChI is InChI=1S/C16H20N2O2/c1-15(2,10-17)9-16(3)12-8-11(20-5)6-7-13(12)18(4)14(16)19/h6-8H,9H2,1-5H3/t16-/m0/s1. The van der Waals surface area contributed by atoms with Gasteiger partial charge in [-0.25, -0.2) is 0 Å². The van der Waals surface area contributed by atoms with E-state index in [9.17, 15) is 10.1 Å². The molecule has 0 aliphatic carbocycles. The second-order valence-electron chi connectivity index (χ2n) is 6.25. The molecule has 1 aliphatic rings. The summed E-state index contributed by atoms with van der Waals surface area (Å²) in [5.74, 6) is 0.761. The van der Waals surface area contributed by atoms with Crippen molar-refractivity contribution in [1.82, 2.24) is 0 Å². The van der Waals surface area contributed by atoms with Gasteiger partial charge in [0, 0.05) is 12.7 Å². The first-order valence-corrected chi connectivity index (χ1v) is 6.63. The summed E-state index contributed by atoms with van der Waals surface area (Å²) in [6.07, 6.45) is 0.486. The van der Waals surface area contributed by atoms with Crippen molar-refractivity contribution >= 4 is 11.6 Å². The second kappa shape index (κ2) is 4.52. The molecule has 0 saturated carbocycles. The molecule has 1 aliphatic heterocycles. The molecule has 0 bridgehead atoms. The highest BCUT2D eigenvalue weighted by atomic mass is 16.5. The van der Waals surface area contributed by atoms with E-state index in [1.54, 1.807) is 19.1 Å². The van der Waals surface area contributed by atoms with Gasteiger partial charge in [-0.05, 0) is 51.0 Å². The van der Waals surface area contributed by atoms with Crippen LogP contribution in [0.4, 0.5) is 5.69 Å². The van der Waals surface area contributed by atoms with Crippen LogP contribution in [-0.2, 0) is 10.2 Å². The Balaban J connectivity index is 2.56. The number of amides is 1.